The van der Waals surface area contributed by atoms with Crippen molar-refractivity contribution in [2.45, 2.75) is 13.3 Å². The van der Waals surface area contributed by atoms with Crippen molar-refractivity contribution in [3.63, 3.8) is 0 Å². The maximum absolute atomic E-state index is 11.4. The van der Waals surface area contributed by atoms with E-state index in [-0.39, 0.29) is 13.1 Å². The summed E-state index contributed by atoms with van der Waals surface area (Å²) in [6.07, 6.45) is 1.63. The van der Waals surface area contributed by atoms with Crippen LogP contribution in [0.25, 0.3) is 0 Å². The van der Waals surface area contributed by atoms with Crippen molar-refractivity contribution < 1.29 is 23.1 Å². The molecular formula is C9H19NO5S. The minimum absolute atomic E-state index is 0.00210. The molecule has 0 heterocycles. The van der Waals surface area contributed by atoms with E-state index in [0.717, 1.165) is 6.26 Å². The number of rotatable bonds is 8. The predicted octanol–water partition coefficient (Wildman–Crippen LogP) is 0.00520. The molecule has 16 heavy (non-hydrogen) atoms. The van der Waals surface area contributed by atoms with Crippen molar-refractivity contribution in [2.75, 3.05) is 33.1 Å². The van der Waals surface area contributed by atoms with Gasteiger partial charge in [0.25, 0.3) is 0 Å². The van der Waals surface area contributed by atoms with Crippen LogP contribution < -0.4 is 0 Å². The van der Waals surface area contributed by atoms with Gasteiger partial charge in [-0.1, -0.05) is 6.92 Å². The van der Waals surface area contributed by atoms with Crippen LogP contribution in [0.2, 0.25) is 0 Å². The van der Waals surface area contributed by atoms with E-state index in [1.807, 2.05) is 0 Å². The second-order valence-corrected chi connectivity index (χ2v) is 5.69. The van der Waals surface area contributed by atoms with Crippen LogP contribution in [-0.4, -0.2) is 56.9 Å². The van der Waals surface area contributed by atoms with Gasteiger partial charge in [0.1, 0.15) is 0 Å². The number of nitrogens with zero attached hydrogens (tertiary/aromatic N) is 1. The average molecular weight is 253 g/mol. The van der Waals surface area contributed by atoms with Crippen LogP contribution in [0.5, 0.6) is 0 Å². The molecule has 0 rings (SSSR count). The van der Waals surface area contributed by atoms with Gasteiger partial charge in [0.05, 0.1) is 12.2 Å². The van der Waals surface area contributed by atoms with Crippen molar-refractivity contribution in [3.8, 4) is 0 Å². The van der Waals surface area contributed by atoms with Crippen molar-refractivity contribution in [2.24, 2.45) is 5.92 Å². The molecule has 1 unspecified atom stereocenters. The van der Waals surface area contributed by atoms with Crippen LogP contribution in [-0.2, 0) is 19.6 Å². The quantitative estimate of drug-likeness (QED) is 0.616. The summed E-state index contributed by atoms with van der Waals surface area (Å²) in [7, 11) is -1.83. The van der Waals surface area contributed by atoms with Gasteiger partial charge < -0.3 is 9.84 Å². The highest BCUT2D eigenvalue weighted by Crippen LogP contribution is 2.06. The fourth-order valence-electron chi connectivity index (χ4n) is 1.16. The maximum Gasteiger partial charge on any atom is 0.307 e. The van der Waals surface area contributed by atoms with Crippen LogP contribution in [0, 0.1) is 5.92 Å². The lowest BCUT2D eigenvalue weighted by molar-refractivity contribution is -0.141. The highest BCUT2D eigenvalue weighted by molar-refractivity contribution is 7.88. The maximum atomic E-state index is 11.4. The van der Waals surface area contributed by atoms with E-state index in [1.54, 1.807) is 0 Å². The molecule has 96 valence electrons. The lowest BCUT2D eigenvalue weighted by Gasteiger charge is -2.21. The molecule has 0 aliphatic rings. The van der Waals surface area contributed by atoms with Gasteiger partial charge in [0.15, 0.2) is 0 Å². The first kappa shape index (κ1) is 15.3. The molecule has 0 radical (unpaired) electrons. The smallest absolute Gasteiger partial charge is 0.307 e. The first-order chi connectivity index (χ1) is 7.29. The van der Waals surface area contributed by atoms with Crippen LogP contribution in [0.1, 0.15) is 13.3 Å². The van der Waals surface area contributed by atoms with E-state index in [9.17, 15) is 13.2 Å². The molecule has 0 aromatic carbocycles. The number of carboxylic acids is 1. The number of hydrogen-bond acceptors (Lipinski definition) is 4. The van der Waals surface area contributed by atoms with Crippen LogP contribution in [0.4, 0.5) is 0 Å². The van der Waals surface area contributed by atoms with E-state index < -0.39 is 21.9 Å². The number of aliphatic carboxylic acids is 1. The molecule has 0 saturated carbocycles. The number of hydrogen-bond donors (Lipinski definition) is 1. The third-order valence-corrected chi connectivity index (χ3v) is 3.39. The SMILES string of the molecule is COCCCN(CC(C)C(=O)O)S(C)(=O)=O. The molecule has 7 heteroatoms. The standard InChI is InChI=1S/C9H19NO5S/c1-8(9(11)12)7-10(16(3,13)14)5-4-6-15-2/h8H,4-7H2,1-3H3,(H,11,12). The Bertz CT molecular complexity index is 314. The first-order valence-electron chi connectivity index (χ1n) is 4.96. The summed E-state index contributed by atoms with van der Waals surface area (Å²) in [5, 5.41) is 8.72. The zero-order valence-corrected chi connectivity index (χ0v) is 10.7. The normalized spacial score (nSPS) is 14.0. The molecule has 0 spiro atoms. The third-order valence-electron chi connectivity index (χ3n) is 2.12. The number of methoxy groups -OCH3 is 1. The fraction of sp³-hybridized carbons (Fsp3) is 0.889. The van der Waals surface area contributed by atoms with Gasteiger partial charge >= 0.3 is 5.97 Å². The minimum atomic E-state index is -3.36. The summed E-state index contributed by atoms with van der Waals surface area (Å²) in [4.78, 5) is 10.6. The number of carboxylic acid groups (broad SMARTS) is 1. The highest BCUT2D eigenvalue weighted by Gasteiger charge is 2.22. The Morgan fingerprint density at radius 1 is 1.50 bits per heavy atom. The van der Waals surface area contributed by atoms with Gasteiger partial charge in [-0.3, -0.25) is 4.79 Å². The highest BCUT2D eigenvalue weighted by atomic mass is 32.2. The van der Waals surface area contributed by atoms with Crippen molar-refractivity contribution in [1.82, 2.24) is 4.31 Å². The second kappa shape index (κ2) is 6.82. The van der Waals surface area contributed by atoms with E-state index in [1.165, 1.54) is 18.3 Å². The van der Waals surface area contributed by atoms with Gasteiger partial charge in [-0.15, -0.1) is 0 Å². The Morgan fingerprint density at radius 3 is 2.44 bits per heavy atom. The molecule has 0 aliphatic carbocycles. The second-order valence-electron chi connectivity index (χ2n) is 3.71. The fourth-order valence-corrected chi connectivity index (χ4v) is 2.12. The molecule has 6 nitrogen and oxygen atoms in total. The van der Waals surface area contributed by atoms with Crippen LogP contribution in [0.3, 0.4) is 0 Å². The topological polar surface area (TPSA) is 83.9 Å². The molecular weight excluding hydrogens is 234 g/mol. The van der Waals surface area contributed by atoms with E-state index in [0.29, 0.717) is 13.0 Å². The average Bonchev–Trinajstić information content (AvgIpc) is 2.14. The molecule has 0 aromatic heterocycles. The summed E-state index contributed by atoms with van der Waals surface area (Å²) >= 11 is 0. The van der Waals surface area contributed by atoms with Crippen LogP contribution in [0.15, 0.2) is 0 Å². The van der Waals surface area contributed by atoms with E-state index in [4.69, 9.17) is 9.84 Å². The Morgan fingerprint density at radius 2 is 2.06 bits per heavy atom. The summed E-state index contributed by atoms with van der Waals surface area (Å²) < 4.78 is 28.7. The Balaban J connectivity index is 4.39. The van der Waals surface area contributed by atoms with Gasteiger partial charge in [0.2, 0.25) is 10.0 Å². The first-order valence-corrected chi connectivity index (χ1v) is 6.80. The monoisotopic (exact) mass is 253 g/mol. The van der Waals surface area contributed by atoms with Crippen molar-refractivity contribution in [1.29, 1.82) is 0 Å². The molecule has 1 N–H and O–H groups in total. The molecule has 0 saturated heterocycles. The van der Waals surface area contributed by atoms with Gasteiger partial charge in [-0.05, 0) is 6.42 Å². The Labute approximate surface area is 96.2 Å². The number of carbonyl (C=O) groups is 1. The van der Waals surface area contributed by atoms with E-state index in [2.05, 4.69) is 0 Å². The Hall–Kier alpha value is -0.660. The van der Waals surface area contributed by atoms with Gasteiger partial charge in [0, 0.05) is 26.8 Å². The summed E-state index contributed by atoms with van der Waals surface area (Å²) in [5.41, 5.74) is 0. The summed E-state index contributed by atoms with van der Waals surface area (Å²) in [6.45, 7) is 2.21. The number of ether oxygens (including phenoxy) is 1. The van der Waals surface area contributed by atoms with E-state index >= 15 is 0 Å². The summed E-state index contributed by atoms with van der Waals surface area (Å²) in [5.74, 6) is -1.71. The molecule has 0 fully saturated rings. The van der Waals surface area contributed by atoms with Crippen molar-refractivity contribution >= 4 is 16.0 Å². The zero-order chi connectivity index (χ0) is 12.8. The number of sulfonamides is 1. The molecule has 0 aromatic rings. The predicted molar refractivity (Wildman–Crippen MR) is 59.7 cm³/mol. The zero-order valence-electron chi connectivity index (χ0n) is 9.84. The lowest BCUT2D eigenvalue weighted by atomic mass is 10.2. The van der Waals surface area contributed by atoms with Gasteiger partial charge in [-0.25, -0.2) is 12.7 Å². The molecule has 0 bridgehead atoms. The lowest BCUT2D eigenvalue weighted by Crippen LogP contribution is -2.37. The third kappa shape index (κ3) is 6.04. The Kier molecular flexibility index (Phi) is 6.54. The van der Waals surface area contributed by atoms with Crippen LogP contribution >= 0.6 is 0 Å². The summed E-state index contributed by atoms with van der Waals surface area (Å²) in [6, 6.07) is 0. The molecule has 0 amide bonds. The largest absolute Gasteiger partial charge is 0.481 e. The molecule has 1 atom stereocenters. The van der Waals surface area contributed by atoms with Gasteiger partial charge in [-0.2, -0.15) is 0 Å². The minimum Gasteiger partial charge on any atom is -0.481 e. The molecule has 0 aliphatic heterocycles. The van der Waals surface area contributed by atoms with Crippen molar-refractivity contribution in [3.05, 3.63) is 0 Å².